The number of urea groups is 4. The second kappa shape index (κ2) is 39.9. The highest BCUT2D eigenvalue weighted by atomic mass is 35.5. The van der Waals surface area contributed by atoms with Crippen molar-refractivity contribution in [1.82, 2.24) is 40.9 Å². The highest BCUT2D eigenvalue weighted by Gasteiger charge is 2.65. The molecule has 4 aliphatic rings. The Balaban J connectivity index is 0.000000123. The zero-order valence-electron chi connectivity index (χ0n) is 74.5. The Morgan fingerprint density at radius 2 is 0.434 bits per heavy atom. The summed E-state index contributed by atoms with van der Waals surface area (Å²) in [6.07, 6.45) is 0. The Hall–Kier alpha value is -17.2. The molecule has 0 atom stereocenters. The molecule has 17 heteroatoms. The van der Waals surface area contributed by atoms with Crippen molar-refractivity contribution in [2.45, 2.75) is 38.1 Å². The zero-order valence-corrected chi connectivity index (χ0v) is 75.3. The van der Waals surface area contributed by atoms with Gasteiger partial charge < -0.3 is 20.4 Å². The van der Waals surface area contributed by atoms with Gasteiger partial charge in [-0.25, -0.2) is 29.0 Å². The number of halogens is 1. The van der Waals surface area contributed by atoms with E-state index in [2.05, 4.69) is 57.7 Å². The molecular weight excluding hydrogens is 1700 g/mol. The molecule has 0 spiro atoms. The van der Waals surface area contributed by atoms with Crippen LogP contribution in [-0.4, -0.2) is 81.4 Å². The quantitative estimate of drug-likeness (QED) is 0.0348. The van der Waals surface area contributed by atoms with Crippen molar-refractivity contribution in [3.63, 3.8) is 0 Å². The maximum absolute atomic E-state index is 15.3. The van der Waals surface area contributed by atoms with Crippen LogP contribution in [-0.2, 0) is 57.3 Å². The first-order chi connectivity index (χ1) is 66.5. The van der Waals surface area contributed by atoms with E-state index in [1.807, 2.05) is 479 Å². The van der Waals surface area contributed by atoms with Gasteiger partial charge in [-0.05, 0) is 94.6 Å². The number of hydrogen-bond donors (Lipinski definition) is 4. The lowest BCUT2D eigenvalue weighted by Crippen LogP contribution is -2.53. The van der Waals surface area contributed by atoms with Gasteiger partial charge in [0.25, 0.3) is 23.6 Å². The molecule has 4 aliphatic heterocycles. The van der Waals surface area contributed by atoms with Crippen molar-refractivity contribution < 1.29 is 38.4 Å². The average Bonchev–Trinajstić information content (AvgIpc) is 1.54. The van der Waals surface area contributed by atoms with E-state index in [0.29, 0.717) is 11.1 Å². The molecular formula is C119H95ClN8O8. The number of imide groups is 4. The SMILES string of the molecule is CN1C(=O)N(C(c2ccccc2)(c2ccccc2)c2ccccc2)C(=O)C1(c1ccccc1)c1ccccc1.CN1C(=O)NC(=O)C1(c1ccccc1)c1ccccc1.ClC(c1ccccc1)(c1ccccc1)c1ccccc1.O=C1NC(=O)C(c2ccccc2)(c2ccccc2)N1.O=C1NC(c2ccccc2)(c2ccccc2)C(=O)N1C(c1ccccc1)(c1ccccc1)c1ccccc1. The molecule has 0 bridgehead atoms. The van der Waals surface area contributed by atoms with Crippen molar-refractivity contribution in [2.24, 2.45) is 0 Å². The summed E-state index contributed by atoms with van der Waals surface area (Å²) in [4.78, 5) is 113. The Morgan fingerprint density at radius 3 is 0.669 bits per heavy atom. The van der Waals surface area contributed by atoms with Crippen LogP contribution < -0.4 is 21.3 Å². The van der Waals surface area contributed by atoms with Gasteiger partial charge in [0.2, 0.25) is 0 Å². The standard InChI is InChI=1S/C35H28N2O2.C34H26N2O2.C19H15Cl.C16H14N2O2.C15H12N2O2/c1-36-33(39)37(32(38)35(36,30-23-13-5-14-24-30)31-25-15-6-16-26-31)34(27-17-7-2-8-18-27,28-19-9-3-10-20-28)29-21-11-4-12-22-29;37-31-33(26-16-6-1-7-17-26,27-18-8-2-9-19-27)35-32(38)36(31)34(28-20-10-3-11-21-28,29-22-12-4-13-23-29)30-24-14-5-15-25-30;20-19(16-10-4-1-5-11-16,17-12-6-2-7-13-17)18-14-8-3-9-15-18;1-18-15(20)17-14(19)16(18,12-8-4-2-5-9-12)13-10-6-3-7-11-13;18-13-15(17-14(19)16-13,11-7-3-1-4-8-11)12-9-5-2-6-10-12/h2-26H,1H3;1-25H,(H,35,38);1-15H;2-11H,1H3,(H,17,19,20);1-10H,(H2,16,17,18,19). The number of nitrogens with one attached hydrogen (secondary N) is 4. The number of rotatable bonds is 19. The highest BCUT2D eigenvalue weighted by molar-refractivity contribution is 6.28. The van der Waals surface area contributed by atoms with Crippen LogP contribution in [0.2, 0.25) is 0 Å². The summed E-state index contributed by atoms with van der Waals surface area (Å²) in [7, 11) is 3.37. The van der Waals surface area contributed by atoms with Crippen LogP contribution in [0.5, 0.6) is 0 Å². The van der Waals surface area contributed by atoms with Gasteiger partial charge in [-0.3, -0.25) is 29.8 Å². The molecule has 666 valence electrons. The van der Waals surface area contributed by atoms with E-state index in [-0.39, 0.29) is 35.7 Å². The smallest absolute Gasteiger partial charge is 0.316 e. The van der Waals surface area contributed by atoms with Gasteiger partial charge in [0.15, 0.2) is 22.2 Å². The fourth-order valence-corrected chi connectivity index (χ4v) is 19.8. The van der Waals surface area contributed by atoms with E-state index in [1.165, 1.54) is 14.7 Å². The summed E-state index contributed by atoms with van der Waals surface area (Å²) in [6, 6.07) is 163. The molecule has 17 aromatic carbocycles. The second-order valence-corrected chi connectivity index (χ2v) is 33.6. The molecule has 4 heterocycles. The molecule has 16 nitrogen and oxygen atoms in total. The van der Waals surface area contributed by atoms with Crippen molar-refractivity contribution in [3.05, 3.63) is 610 Å². The van der Waals surface area contributed by atoms with Crippen molar-refractivity contribution >= 4 is 59.4 Å². The molecule has 12 amide bonds. The predicted octanol–water partition coefficient (Wildman–Crippen LogP) is 22.4. The first-order valence-corrected chi connectivity index (χ1v) is 45.1. The third-order valence-electron chi connectivity index (χ3n) is 25.7. The number of carbonyl (C=O) groups is 8. The molecule has 0 unspecified atom stereocenters. The van der Waals surface area contributed by atoms with Gasteiger partial charge in [0.05, 0.1) is 0 Å². The number of likely N-dealkylation sites (N-methyl/N-ethyl adjacent to an activating group) is 2. The summed E-state index contributed by atoms with van der Waals surface area (Å²) < 4.78 is 0. The molecule has 0 aromatic heterocycles. The lowest BCUT2D eigenvalue weighted by Gasteiger charge is -2.42. The fourth-order valence-electron chi connectivity index (χ4n) is 19.4. The molecule has 0 radical (unpaired) electrons. The van der Waals surface area contributed by atoms with Crippen LogP contribution in [0, 0.1) is 0 Å². The van der Waals surface area contributed by atoms with Crippen molar-refractivity contribution in [2.75, 3.05) is 14.1 Å². The van der Waals surface area contributed by atoms with Crippen molar-refractivity contribution in [1.29, 1.82) is 0 Å². The number of benzene rings is 17. The van der Waals surface area contributed by atoms with Gasteiger partial charge in [0, 0.05) is 14.1 Å². The van der Waals surface area contributed by atoms with E-state index in [0.717, 1.165) is 83.5 Å². The van der Waals surface area contributed by atoms with E-state index in [1.54, 1.807) is 19.0 Å². The maximum Gasteiger partial charge on any atom is 0.329 e. The molecule has 4 fully saturated rings. The largest absolute Gasteiger partial charge is 0.329 e. The van der Waals surface area contributed by atoms with Crippen LogP contribution in [0.3, 0.4) is 0 Å². The Morgan fingerprint density at radius 1 is 0.213 bits per heavy atom. The normalized spacial score (nSPS) is 15.0. The molecule has 4 saturated heterocycles. The zero-order chi connectivity index (χ0) is 94.2. The molecule has 0 saturated carbocycles. The van der Waals surface area contributed by atoms with Crippen LogP contribution in [0.4, 0.5) is 19.2 Å². The van der Waals surface area contributed by atoms with Crippen LogP contribution in [0.1, 0.15) is 94.6 Å². The number of nitrogens with zero attached hydrogens (tertiary/aromatic N) is 4. The summed E-state index contributed by atoms with van der Waals surface area (Å²) in [5.41, 5.74) is 6.71. The lowest BCUT2D eigenvalue weighted by molar-refractivity contribution is -0.134. The Kier molecular flexibility index (Phi) is 26.6. The lowest BCUT2D eigenvalue weighted by atomic mass is 9.74. The van der Waals surface area contributed by atoms with E-state index >= 15 is 9.59 Å². The molecule has 4 N–H and O–H groups in total. The number of carbonyl (C=O) groups excluding carboxylic acids is 8. The number of amides is 12. The summed E-state index contributed by atoms with van der Waals surface area (Å²) in [6.45, 7) is 0. The fraction of sp³-hybridized carbons (Fsp3) is 0.0756. The van der Waals surface area contributed by atoms with Gasteiger partial charge in [-0.1, -0.05) is 516 Å². The minimum Gasteiger partial charge on any atom is -0.316 e. The first-order valence-electron chi connectivity index (χ1n) is 44.7. The second-order valence-electron chi connectivity index (χ2n) is 33.0. The molecule has 17 aromatic rings. The number of hydrogen-bond acceptors (Lipinski definition) is 8. The molecule has 136 heavy (non-hydrogen) atoms. The van der Waals surface area contributed by atoms with Crippen molar-refractivity contribution in [3.8, 4) is 0 Å². The van der Waals surface area contributed by atoms with Gasteiger partial charge in [0.1, 0.15) is 16.0 Å². The number of alkyl halides is 1. The minimum absolute atomic E-state index is 0.302. The Bertz CT molecular complexity index is 6530. The van der Waals surface area contributed by atoms with Gasteiger partial charge >= 0.3 is 24.1 Å². The van der Waals surface area contributed by atoms with Crippen LogP contribution in [0.15, 0.2) is 516 Å². The molecule has 0 aliphatic carbocycles. The topological polar surface area (TPSA) is 198 Å². The minimum atomic E-state index is -1.39. The summed E-state index contributed by atoms with van der Waals surface area (Å²) >= 11 is 7.12. The van der Waals surface area contributed by atoms with Gasteiger partial charge in [-0.15, -0.1) is 11.6 Å². The first kappa shape index (κ1) is 90.7. The monoisotopic (exact) mass is 1800 g/mol. The maximum atomic E-state index is 15.3. The third-order valence-corrected chi connectivity index (χ3v) is 26.3. The molecule has 21 rings (SSSR count). The van der Waals surface area contributed by atoms with Crippen LogP contribution in [0.25, 0.3) is 0 Å². The summed E-state index contributed by atoms with van der Waals surface area (Å²) in [5.74, 6) is -1.31. The summed E-state index contributed by atoms with van der Waals surface area (Å²) in [5, 5.41) is 10.6. The van der Waals surface area contributed by atoms with Gasteiger partial charge in [-0.2, -0.15) is 0 Å². The highest BCUT2D eigenvalue weighted by Crippen LogP contribution is 2.54. The third kappa shape index (κ3) is 16.2. The van der Waals surface area contributed by atoms with E-state index in [9.17, 15) is 28.8 Å². The predicted molar refractivity (Wildman–Crippen MR) is 531 cm³/mol. The average molecular weight is 1800 g/mol. The van der Waals surface area contributed by atoms with Crippen LogP contribution >= 0.6 is 11.6 Å². The van der Waals surface area contributed by atoms with E-state index in [4.69, 9.17) is 11.6 Å². The Labute approximate surface area is 795 Å². The van der Waals surface area contributed by atoms with E-state index < -0.39 is 50.2 Å².